The van der Waals surface area contributed by atoms with Crippen LogP contribution in [0.2, 0.25) is 0 Å². The number of carbonyl (C=O) groups is 2. The molecular formula is C16H12N2O4S. The van der Waals surface area contributed by atoms with Crippen LogP contribution in [-0.2, 0) is 9.59 Å². The van der Waals surface area contributed by atoms with Gasteiger partial charge >= 0.3 is 0 Å². The maximum Gasteiger partial charge on any atom is 0.270 e. The van der Waals surface area contributed by atoms with Crippen LogP contribution < -0.4 is 15.0 Å². The summed E-state index contributed by atoms with van der Waals surface area (Å²) in [6.07, 6.45) is 4.35. The summed E-state index contributed by atoms with van der Waals surface area (Å²) in [4.78, 5) is 26.1. The highest BCUT2D eigenvalue weighted by Gasteiger charge is 2.35. The van der Waals surface area contributed by atoms with Crippen LogP contribution in [0.15, 0.2) is 52.8 Å². The van der Waals surface area contributed by atoms with Crippen LogP contribution in [0.5, 0.6) is 5.75 Å². The van der Waals surface area contributed by atoms with E-state index < -0.39 is 11.8 Å². The van der Waals surface area contributed by atoms with Gasteiger partial charge in [0.15, 0.2) is 5.11 Å². The molecule has 2 amide bonds. The Morgan fingerprint density at radius 2 is 2.04 bits per heavy atom. The third-order valence-electron chi connectivity index (χ3n) is 3.28. The predicted octanol–water partition coefficient (Wildman–Crippen LogP) is 2.12. The summed E-state index contributed by atoms with van der Waals surface area (Å²) >= 11 is 5.14. The normalized spacial score (nSPS) is 16.7. The lowest BCUT2D eigenvalue weighted by Crippen LogP contribution is -2.54. The average molecular weight is 328 g/mol. The van der Waals surface area contributed by atoms with E-state index in [0.29, 0.717) is 17.0 Å². The first-order chi connectivity index (χ1) is 11.1. The Hall–Kier alpha value is -2.93. The second-order valence-electron chi connectivity index (χ2n) is 4.69. The molecule has 1 N–H and O–H groups in total. The molecule has 1 saturated heterocycles. The van der Waals surface area contributed by atoms with Gasteiger partial charge in [-0.15, -0.1) is 0 Å². The lowest BCUT2D eigenvalue weighted by atomic mass is 10.1. The van der Waals surface area contributed by atoms with Crippen LogP contribution in [0.25, 0.3) is 6.08 Å². The number of anilines is 1. The van der Waals surface area contributed by atoms with Crippen molar-refractivity contribution in [1.29, 1.82) is 0 Å². The van der Waals surface area contributed by atoms with E-state index in [-0.39, 0.29) is 10.7 Å². The molecule has 0 saturated carbocycles. The number of nitrogens with one attached hydrogen (secondary N) is 1. The van der Waals surface area contributed by atoms with Crippen molar-refractivity contribution in [2.24, 2.45) is 0 Å². The summed E-state index contributed by atoms with van der Waals surface area (Å²) < 4.78 is 10.2. The third-order valence-corrected chi connectivity index (χ3v) is 3.57. The Morgan fingerprint density at radius 3 is 2.74 bits per heavy atom. The van der Waals surface area contributed by atoms with Gasteiger partial charge < -0.3 is 9.15 Å². The Bertz CT molecular complexity index is 811. The fourth-order valence-electron chi connectivity index (χ4n) is 2.21. The minimum absolute atomic E-state index is 0.00819. The maximum absolute atomic E-state index is 12.8. The van der Waals surface area contributed by atoms with Crippen LogP contribution in [0.1, 0.15) is 5.56 Å². The minimum atomic E-state index is -0.549. The predicted molar refractivity (Wildman–Crippen MR) is 87.9 cm³/mol. The molecule has 3 rings (SSSR count). The van der Waals surface area contributed by atoms with Gasteiger partial charge in [-0.2, -0.15) is 0 Å². The van der Waals surface area contributed by atoms with Crippen LogP contribution >= 0.6 is 12.2 Å². The molecular weight excluding hydrogens is 316 g/mol. The van der Waals surface area contributed by atoms with Crippen molar-refractivity contribution in [3.8, 4) is 5.75 Å². The summed E-state index contributed by atoms with van der Waals surface area (Å²) in [5.41, 5.74) is 1.03. The number of furan rings is 1. The zero-order valence-corrected chi connectivity index (χ0v) is 12.9. The molecule has 0 atom stereocenters. The summed E-state index contributed by atoms with van der Waals surface area (Å²) in [6.45, 7) is 0. The minimum Gasteiger partial charge on any atom is -0.495 e. The van der Waals surface area contributed by atoms with Crippen molar-refractivity contribution >= 4 is 40.9 Å². The fourth-order valence-corrected chi connectivity index (χ4v) is 2.49. The van der Waals surface area contributed by atoms with E-state index in [4.69, 9.17) is 21.4 Å². The highest BCUT2D eigenvalue weighted by atomic mass is 32.1. The Kier molecular flexibility index (Phi) is 3.94. The van der Waals surface area contributed by atoms with Gasteiger partial charge in [-0.25, -0.2) is 4.90 Å². The van der Waals surface area contributed by atoms with Crippen molar-refractivity contribution < 1.29 is 18.7 Å². The zero-order chi connectivity index (χ0) is 16.4. The first-order valence-corrected chi connectivity index (χ1v) is 7.09. The van der Waals surface area contributed by atoms with E-state index in [0.717, 1.165) is 0 Å². The summed E-state index contributed by atoms with van der Waals surface area (Å²) in [5, 5.41) is 2.52. The molecule has 2 heterocycles. The first kappa shape index (κ1) is 15.0. The Labute approximate surface area is 137 Å². The lowest BCUT2D eigenvalue weighted by Gasteiger charge is -2.29. The molecule has 0 aliphatic carbocycles. The summed E-state index contributed by atoms with van der Waals surface area (Å²) in [5.74, 6) is -0.598. The molecule has 2 aromatic rings. The summed E-state index contributed by atoms with van der Waals surface area (Å²) in [7, 11) is 1.50. The number of para-hydroxylation sites is 2. The van der Waals surface area contributed by atoms with Crippen LogP contribution in [0, 0.1) is 0 Å². The number of amides is 2. The molecule has 116 valence electrons. The van der Waals surface area contributed by atoms with Crippen molar-refractivity contribution in [2.75, 3.05) is 12.0 Å². The molecule has 1 aromatic heterocycles. The summed E-state index contributed by atoms with van der Waals surface area (Å²) in [6, 6.07) is 8.58. The van der Waals surface area contributed by atoms with E-state index in [2.05, 4.69) is 5.32 Å². The fraction of sp³-hybridized carbons (Fsp3) is 0.0625. The standard InChI is InChI=1S/C16H12N2O4S/c1-21-13-5-3-2-4-12(13)18-15(20)11(14(19)17-16(18)23)8-10-6-7-22-9-10/h2-9H,1H3,(H,17,19,23)/b11-8+. The average Bonchev–Trinajstić information content (AvgIpc) is 3.05. The van der Waals surface area contributed by atoms with Gasteiger partial charge in [-0.1, -0.05) is 12.1 Å². The van der Waals surface area contributed by atoms with Gasteiger partial charge in [0.1, 0.15) is 11.3 Å². The second-order valence-corrected chi connectivity index (χ2v) is 5.07. The number of hydrogen-bond donors (Lipinski definition) is 1. The van der Waals surface area contributed by atoms with Crippen molar-refractivity contribution in [3.05, 3.63) is 54.0 Å². The zero-order valence-electron chi connectivity index (χ0n) is 12.1. The number of hydrogen-bond acceptors (Lipinski definition) is 5. The van der Waals surface area contributed by atoms with Gasteiger partial charge in [0, 0.05) is 5.56 Å². The van der Waals surface area contributed by atoms with E-state index in [1.165, 1.54) is 30.6 Å². The number of benzene rings is 1. The number of nitrogens with zero attached hydrogens (tertiary/aromatic N) is 1. The molecule has 1 aliphatic rings. The SMILES string of the molecule is COc1ccccc1N1C(=O)/C(=C/c2ccoc2)C(=O)NC1=S. The van der Waals surface area contributed by atoms with Gasteiger partial charge in [-0.3, -0.25) is 14.9 Å². The van der Waals surface area contributed by atoms with Gasteiger partial charge in [-0.05, 0) is 36.5 Å². The molecule has 1 aliphatic heterocycles. The number of methoxy groups -OCH3 is 1. The van der Waals surface area contributed by atoms with Gasteiger partial charge in [0.2, 0.25) is 0 Å². The Morgan fingerprint density at radius 1 is 1.26 bits per heavy atom. The molecule has 0 bridgehead atoms. The van der Waals surface area contributed by atoms with E-state index >= 15 is 0 Å². The monoisotopic (exact) mass is 328 g/mol. The number of carbonyl (C=O) groups excluding carboxylic acids is 2. The van der Waals surface area contributed by atoms with Gasteiger partial charge in [0.25, 0.3) is 11.8 Å². The molecule has 1 aromatic carbocycles. The van der Waals surface area contributed by atoms with Crippen molar-refractivity contribution in [2.45, 2.75) is 0 Å². The molecule has 23 heavy (non-hydrogen) atoms. The van der Waals surface area contributed by atoms with E-state index in [9.17, 15) is 9.59 Å². The van der Waals surface area contributed by atoms with E-state index in [1.54, 1.807) is 30.3 Å². The van der Waals surface area contributed by atoms with Crippen LogP contribution in [0.4, 0.5) is 5.69 Å². The smallest absolute Gasteiger partial charge is 0.270 e. The van der Waals surface area contributed by atoms with Gasteiger partial charge in [0.05, 0.1) is 25.3 Å². The lowest BCUT2D eigenvalue weighted by molar-refractivity contribution is -0.122. The molecule has 1 fully saturated rings. The maximum atomic E-state index is 12.8. The second kappa shape index (κ2) is 6.05. The highest BCUT2D eigenvalue weighted by Crippen LogP contribution is 2.30. The third kappa shape index (κ3) is 2.74. The quantitative estimate of drug-likeness (QED) is 0.531. The first-order valence-electron chi connectivity index (χ1n) is 6.68. The van der Waals surface area contributed by atoms with Crippen LogP contribution in [-0.4, -0.2) is 24.0 Å². The van der Waals surface area contributed by atoms with Crippen LogP contribution in [0.3, 0.4) is 0 Å². The number of rotatable bonds is 3. The van der Waals surface area contributed by atoms with Crippen molar-refractivity contribution in [1.82, 2.24) is 5.32 Å². The molecule has 7 heteroatoms. The van der Waals surface area contributed by atoms with Crippen molar-refractivity contribution in [3.63, 3.8) is 0 Å². The molecule has 0 radical (unpaired) electrons. The largest absolute Gasteiger partial charge is 0.495 e. The molecule has 6 nitrogen and oxygen atoms in total. The van der Waals surface area contributed by atoms with E-state index in [1.807, 2.05) is 0 Å². The number of ether oxygens (including phenoxy) is 1. The Balaban J connectivity index is 2.05. The topological polar surface area (TPSA) is 71.8 Å². The molecule has 0 spiro atoms. The highest BCUT2D eigenvalue weighted by molar-refractivity contribution is 7.80. The molecule has 0 unspecified atom stereocenters. The number of thiocarbonyl (C=S) groups is 1.